The van der Waals surface area contributed by atoms with E-state index in [1.165, 1.54) is 10.5 Å². The first kappa shape index (κ1) is 18.4. The van der Waals surface area contributed by atoms with Crippen molar-refractivity contribution in [3.63, 3.8) is 0 Å². The summed E-state index contributed by atoms with van der Waals surface area (Å²) in [5, 5.41) is 12.4. The molecule has 0 radical (unpaired) electrons. The molecule has 3 rings (SSSR count). The number of carbonyl (C=O) groups excluding carboxylic acids is 1. The van der Waals surface area contributed by atoms with Gasteiger partial charge in [0.1, 0.15) is 6.04 Å². The summed E-state index contributed by atoms with van der Waals surface area (Å²) in [7, 11) is -3.44. The fourth-order valence-corrected chi connectivity index (χ4v) is 5.06. The van der Waals surface area contributed by atoms with Gasteiger partial charge in [-0.1, -0.05) is 6.92 Å². The number of hydrogen-bond acceptors (Lipinski definition) is 4. The van der Waals surface area contributed by atoms with E-state index in [0.717, 1.165) is 0 Å². The Bertz CT molecular complexity index is 950. The van der Waals surface area contributed by atoms with Gasteiger partial charge in [0, 0.05) is 29.3 Å². The summed E-state index contributed by atoms with van der Waals surface area (Å²) >= 11 is 0. The summed E-state index contributed by atoms with van der Waals surface area (Å²) in [5.41, 5.74) is 1.23. The van der Waals surface area contributed by atoms with Crippen molar-refractivity contribution in [3.8, 4) is 0 Å². The van der Waals surface area contributed by atoms with Crippen LogP contribution in [0.25, 0.3) is 10.9 Å². The van der Waals surface area contributed by atoms with Gasteiger partial charge in [-0.2, -0.15) is 4.31 Å². The van der Waals surface area contributed by atoms with Crippen LogP contribution in [-0.4, -0.2) is 53.0 Å². The highest BCUT2D eigenvalue weighted by Crippen LogP contribution is 2.25. The van der Waals surface area contributed by atoms with Gasteiger partial charge in [-0.05, 0) is 37.5 Å². The van der Waals surface area contributed by atoms with Gasteiger partial charge in [-0.3, -0.25) is 4.79 Å². The Labute approximate surface area is 151 Å². The zero-order valence-corrected chi connectivity index (χ0v) is 15.2. The van der Waals surface area contributed by atoms with E-state index in [0.29, 0.717) is 42.4 Å². The van der Waals surface area contributed by atoms with Crippen molar-refractivity contribution >= 4 is 38.5 Å². The Kier molecular flexibility index (Phi) is 5.01. The monoisotopic (exact) mass is 379 g/mol. The lowest BCUT2D eigenvalue weighted by Crippen LogP contribution is -2.44. The standard InChI is InChI=1S/C17H21N3O5S/c1-2-8-26(24,25)20-7-3-4-15(20)16(21)19-11-5-6-12-13(17(22)23)10-18-14(12)9-11/h5-6,9-10,15,18H,2-4,7-8H2,1H3,(H,19,21)(H,22,23). The van der Waals surface area contributed by atoms with Crippen molar-refractivity contribution < 1.29 is 23.1 Å². The first-order chi connectivity index (χ1) is 12.3. The van der Waals surface area contributed by atoms with Crippen molar-refractivity contribution in [3.05, 3.63) is 30.0 Å². The van der Waals surface area contributed by atoms with E-state index < -0.39 is 22.0 Å². The van der Waals surface area contributed by atoms with E-state index in [1.54, 1.807) is 25.1 Å². The summed E-state index contributed by atoms with van der Waals surface area (Å²) in [6, 6.07) is 4.16. The SMILES string of the molecule is CCCS(=O)(=O)N1CCCC1C(=O)Nc1ccc2c(C(=O)O)c[nH]c2c1. The van der Waals surface area contributed by atoms with Crippen LogP contribution in [0.4, 0.5) is 5.69 Å². The third-order valence-electron chi connectivity index (χ3n) is 4.51. The topological polar surface area (TPSA) is 120 Å². The third-order valence-corrected chi connectivity index (χ3v) is 6.58. The Morgan fingerprint density at radius 1 is 1.38 bits per heavy atom. The van der Waals surface area contributed by atoms with Crippen molar-refractivity contribution in [2.75, 3.05) is 17.6 Å². The molecule has 8 nitrogen and oxygen atoms in total. The number of carbonyl (C=O) groups is 2. The normalized spacial score (nSPS) is 18.3. The van der Waals surface area contributed by atoms with Crippen LogP contribution in [0.1, 0.15) is 36.5 Å². The number of aromatic amines is 1. The van der Waals surface area contributed by atoms with Crippen molar-refractivity contribution in [2.24, 2.45) is 0 Å². The molecule has 3 N–H and O–H groups in total. The zero-order valence-electron chi connectivity index (χ0n) is 14.4. The molecular weight excluding hydrogens is 358 g/mol. The van der Waals surface area contributed by atoms with Crippen LogP contribution < -0.4 is 5.32 Å². The van der Waals surface area contributed by atoms with E-state index in [4.69, 9.17) is 5.11 Å². The number of amides is 1. The van der Waals surface area contributed by atoms with E-state index >= 15 is 0 Å². The maximum Gasteiger partial charge on any atom is 0.337 e. The van der Waals surface area contributed by atoms with E-state index in [9.17, 15) is 18.0 Å². The first-order valence-electron chi connectivity index (χ1n) is 8.48. The number of hydrogen-bond donors (Lipinski definition) is 3. The smallest absolute Gasteiger partial charge is 0.337 e. The van der Waals surface area contributed by atoms with Gasteiger partial charge in [0.15, 0.2) is 0 Å². The number of aromatic carboxylic acids is 1. The van der Waals surface area contributed by atoms with Crippen LogP contribution in [0.5, 0.6) is 0 Å². The zero-order chi connectivity index (χ0) is 18.9. The maximum atomic E-state index is 12.6. The highest BCUT2D eigenvalue weighted by molar-refractivity contribution is 7.89. The minimum absolute atomic E-state index is 0.0309. The molecule has 1 aromatic carbocycles. The Balaban J connectivity index is 1.79. The van der Waals surface area contributed by atoms with Gasteiger partial charge in [-0.25, -0.2) is 13.2 Å². The second-order valence-corrected chi connectivity index (χ2v) is 8.38. The van der Waals surface area contributed by atoms with Crippen LogP contribution in [0, 0.1) is 0 Å². The van der Waals surface area contributed by atoms with Gasteiger partial charge in [0.2, 0.25) is 15.9 Å². The van der Waals surface area contributed by atoms with Crippen molar-refractivity contribution in [1.82, 2.24) is 9.29 Å². The largest absolute Gasteiger partial charge is 0.478 e. The number of nitrogens with one attached hydrogen (secondary N) is 2. The van der Waals surface area contributed by atoms with Gasteiger partial charge in [0.25, 0.3) is 0 Å². The van der Waals surface area contributed by atoms with Crippen LogP contribution in [0.3, 0.4) is 0 Å². The number of aromatic nitrogens is 1. The highest BCUT2D eigenvalue weighted by Gasteiger charge is 2.38. The van der Waals surface area contributed by atoms with Gasteiger partial charge in [0.05, 0.1) is 11.3 Å². The predicted molar refractivity (Wildman–Crippen MR) is 97.7 cm³/mol. The number of carboxylic acid groups (broad SMARTS) is 1. The number of carboxylic acids is 1. The molecule has 0 saturated carbocycles. The average Bonchev–Trinajstić information content (AvgIpc) is 3.21. The van der Waals surface area contributed by atoms with Crippen LogP contribution >= 0.6 is 0 Å². The molecule has 2 heterocycles. The second-order valence-electron chi connectivity index (χ2n) is 6.34. The third kappa shape index (κ3) is 3.45. The fraction of sp³-hybridized carbons (Fsp3) is 0.412. The van der Waals surface area contributed by atoms with E-state index in [-0.39, 0.29) is 17.2 Å². The Morgan fingerprint density at radius 3 is 2.85 bits per heavy atom. The molecule has 1 atom stereocenters. The highest BCUT2D eigenvalue weighted by atomic mass is 32.2. The van der Waals surface area contributed by atoms with Crippen molar-refractivity contribution in [1.29, 1.82) is 0 Å². The number of nitrogens with zero attached hydrogens (tertiary/aromatic N) is 1. The number of sulfonamides is 1. The van der Waals surface area contributed by atoms with Gasteiger partial charge < -0.3 is 15.4 Å². The average molecular weight is 379 g/mol. The number of H-pyrrole nitrogens is 1. The molecule has 1 fully saturated rings. The maximum absolute atomic E-state index is 12.6. The minimum Gasteiger partial charge on any atom is -0.478 e. The van der Waals surface area contributed by atoms with Crippen LogP contribution in [0.2, 0.25) is 0 Å². The molecule has 1 amide bonds. The van der Waals surface area contributed by atoms with E-state index in [1.807, 2.05) is 0 Å². The fourth-order valence-electron chi connectivity index (χ4n) is 3.32. The number of benzene rings is 1. The minimum atomic E-state index is -3.44. The molecule has 2 aromatic rings. The lowest BCUT2D eigenvalue weighted by molar-refractivity contribution is -0.119. The Morgan fingerprint density at radius 2 is 2.15 bits per heavy atom. The molecular formula is C17H21N3O5S. The van der Waals surface area contributed by atoms with E-state index in [2.05, 4.69) is 10.3 Å². The van der Waals surface area contributed by atoms with Crippen LogP contribution in [0.15, 0.2) is 24.4 Å². The number of rotatable bonds is 6. The molecule has 1 unspecified atom stereocenters. The molecule has 1 aromatic heterocycles. The lowest BCUT2D eigenvalue weighted by atomic mass is 10.1. The lowest BCUT2D eigenvalue weighted by Gasteiger charge is -2.23. The Hall–Kier alpha value is -2.39. The molecule has 0 aliphatic carbocycles. The molecule has 1 saturated heterocycles. The first-order valence-corrected chi connectivity index (χ1v) is 10.1. The summed E-state index contributed by atoms with van der Waals surface area (Å²) in [6.45, 7) is 2.15. The summed E-state index contributed by atoms with van der Waals surface area (Å²) in [4.78, 5) is 26.6. The molecule has 140 valence electrons. The second kappa shape index (κ2) is 7.08. The molecule has 0 spiro atoms. The molecule has 1 aliphatic heterocycles. The summed E-state index contributed by atoms with van der Waals surface area (Å²) in [5.74, 6) is -1.37. The van der Waals surface area contributed by atoms with Gasteiger partial charge >= 0.3 is 5.97 Å². The molecule has 0 bridgehead atoms. The summed E-state index contributed by atoms with van der Waals surface area (Å²) < 4.78 is 25.9. The van der Waals surface area contributed by atoms with Crippen LogP contribution in [-0.2, 0) is 14.8 Å². The predicted octanol–water partition coefficient (Wildman–Crippen LogP) is 2.01. The summed E-state index contributed by atoms with van der Waals surface area (Å²) in [6.07, 6.45) is 3.04. The molecule has 26 heavy (non-hydrogen) atoms. The quantitative estimate of drug-likeness (QED) is 0.709. The number of fused-ring (bicyclic) bond motifs is 1. The van der Waals surface area contributed by atoms with Gasteiger partial charge in [-0.15, -0.1) is 0 Å². The molecule has 9 heteroatoms. The number of anilines is 1. The molecule has 1 aliphatic rings. The van der Waals surface area contributed by atoms with Crippen molar-refractivity contribution in [2.45, 2.75) is 32.2 Å².